The van der Waals surface area contributed by atoms with Crippen molar-refractivity contribution in [3.05, 3.63) is 0 Å². The summed E-state index contributed by atoms with van der Waals surface area (Å²) in [4.78, 5) is 21.9. The van der Waals surface area contributed by atoms with Gasteiger partial charge < -0.3 is 49.2 Å². The number of carbonyl (C=O) groups is 2. The molecule has 0 radical (unpaired) electrons. The number of aliphatic hydroxyl groups excluding tert-OH is 5. The maximum absolute atomic E-state index is 11.0. The molecule has 10 atom stereocenters. The van der Waals surface area contributed by atoms with E-state index in [1.165, 1.54) is 13.8 Å². The Hall–Kier alpha value is -1.38. The first-order valence-electron chi connectivity index (χ1n) is 9.16. The number of hydrogen-bond donors (Lipinski definition) is 5. The first-order valence-corrected chi connectivity index (χ1v) is 9.16. The molecule has 0 saturated carbocycles. The van der Waals surface area contributed by atoms with Gasteiger partial charge in [0.2, 0.25) is 0 Å². The van der Waals surface area contributed by atoms with Gasteiger partial charge in [-0.05, 0) is 6.92 Å². The van der Waals surface area contributed by atoms with Gasteiger partial charge >= 0.3 is 11.9 Å². The summed E-state index contributed by atoms with van der Waals surface area (Å²) in [5, 5.41) is 50.8. The van der Waals surface area contributed by atoms with Crippen molar-refractivity contribution in [1.29, 1.82) is 0 Å². The van der Waals surface area contributed by atoms with E-state index in [-0.39, 0.29) is 6.61 Å². The van der Waals surface area contributed by atoms with E-state index < -0.39 is 79.8 Å². The van der Waals surface area contributed by atoms with E-state index in [0.717, 1.165) is 6.92 Å². The Morgan fingerprint density at radius 1 is 0.759 bits per heavy atom. The van der Waals surface area contributed by atoms with Crippen molar-refractivity contribution in [2.45, 2.75) is 82.0 Å². The minimum absolute atomic E-state index is 0.275. The Bertz CT molecular complexity index is 571. The summed E-state index contributed by atoms with van der Waals surface area (Å²) in [6.07, 6.45) is -13.6. The van der Waals surface area contributed by atoms with Crippen molar-refractivity contribution >= 4 is 11.9 Å². The number of rotatable bonds is 6. The van der Waals surface area contributed by atoms with Crippen molar-refractivity contribution in [3.63, 3.8) is 0 Å². The van der Waals surface area contributed by atoms with Gasteiger partial charge in [0.05, 0.1) is 6.10 Å². The highest BCUT2D eigenvalue weighted by molar-refractivity contribution is 5.66. The van der Waals surface area contributed by atoms with Crippen LogP contribution in [0.25, 0.3) is 0 Å². The Labute approximate surface area is 166 Å². The summed E-state index contributed by atoms with van der Waals surface area (Å²) >= 11 is 0. The number of carbonyl (C=O) groups excluding carboxylic acids is 2. The van der Waals surface area contributed by atoms with Crippen LogP contribution in [-0.4, -0.2) is 112 Å². The third-order valence-corrected chi connectivity index (χ3v) is 4.78. The van der Waals surface area contributed by atoms with Crippen LogP contribution in [0.1, 0.15) is 20.8 Å². The topological polar surface area (TPSA) is 181 Å². The van der Waals surface area contributed by atoms with E-state index in [9.17, 15) is 35.1 Å². The van der Waals surface area contributed by atoms with Crippen molar-refractivity contribution in [1.82, 2.24) is 0 Å². The molecule has 2 saturated heterocycles. The highest BCUT2D eigenvalue weighted by atomic mass is 16.7. The lowest BCUT2D eigenvalue weighted by atomic mass is 9.95. The summed E-state index contributed by atoms with van der Waals surface area (Å²) in [5.41, 5.74) is 0. The van der Waals surface area contributed by atoms with Crippen LogP contribution >= 0.6 is 0 Å². The van der Waals surface area contributed by atoms with Gasteiger partial charge in [-0.25, -0.2) is 0 Å². The second-order valence-corrected chi connectivity index (χ2v) is 7.08. The molecule has 0 aromatic rings. The standard InChI is InChI=1S/C17H28O12/c1-6-16(14(23)12(21)9(27-6)4-25-7(2)18)29-17-15(24)13(22)11(20)10(28-17)5-26-8(3)19/h6,9-17,20-24H,4-5H2,1-3H3/t6-,9?,10?,11-,12-,13+,14+,15?,16?,17+/m1/s1. The Morgan fingerprint density at radius 3 is 1.76 bits per heavy atom. The minimum atomic E-state index is -1.69. The smallest absolute Gasteiger partial charge is 0.302 e. The first-order chi connectivity index (χ1) is 13.5. The summed E-state index contributed by atoms with van der Waals surface area (Å²) in [7, 11) is 0. The molecule has 0 aliphatic carbocycles. The highest BCUT2D eigenvalue weighted by Crippen LogP contribution is 2.29. The monoisotopic (exact) mass is 424 g/mol. The third-order valence-electron chi connectivity index (χ3n) is 4.78. The molecule has 29 heavy (non-hydrogen) atoms. The maximum atomic E-state index is 11.0. The van der Waals surface area contributed by atoms with Gasteiger partial charge in [0.25, 0.3) is 0 Å². The zero-order valence-electron chi connectivity index (χ0n) is 16.3. The molecule has 168 valence electrons. The number of hydrogen-bond acceptors (Lipinski definition) is 12. The normalized spacial score (nSPS) is 42.9. The average Bonchev–Trinajstić information content (AvgIpc) is 2.65. The fourth-order valence-corrected chi connectivity index (χ4v) is 3.18. The van der Waals surface area contributed by atoms with E-state index in [2.05, 4.69) is 0 Å². The molecule has 2 heterocycles. The van der Waals surface area contributed by atoms with Crippen LogP contribution in [-0.2, 0) is 33.3 Å². The maximum Gasteiger partial charge on any atom is 0.302 e. The van der Waals surface area contributed by atoms with Crippen molar-refractivity contribution in [3.8, 4) is 0 Å². The lowest BCUT2D eigenvalue weighted by Gasteiger charge is -2.45. The fourth-order valence-electron chi connectivity index (χ4n) is 3.18. The lowest BCUT2D eigenvalue weighted by molar-refractivity contribution is -0.340. The zero-order valence-corrected chi connectivity index (χ0v) is 16.3. The van der Waals surface area contributed by atoms with E-state index >= 15 is 0 Å². The third kappa shape index (κ3) is 5.83. The molecule has 0 aromatic carbocycles. The van der Waals surface area contributed by atoms with Gasteiger partial charge in [-0.2, -0.15) is 0 Å². The second-order valence-electron chi connectivity index (χ2n) is 7.08. The molecule has 0 aromatic heterocycles. The summed E-state index contributed by atoms with van der Waals surface area (Å²) in [5.74, 6) is -1.21. The molecule has 2 aliphatic heterocycles. The van der Waals surface area contributed by atoms with E-state index in [4.69, 9.17) is 23.7 Å². The molecule has 2 fully saturated rings. The zero-order chi connectivity index (χ0) is 21.9. The van der Waals surface area contributed by atoms with Crippen molar-refractivity contribution < 1.29 is 58.8 Å². The van der Waals surface area contributed by atoms with E-state index in [1.807, 2.05) is 0 Å². The Kier molecular flexibility index (Phi) is 8.31. The highest BCUT2D eigenvalue weighted by Gasteiger charge is 2.49. The van der Waals surface area contributed by atoms with Crippen LogP contribution in [0.3, 0.4) is 0 Å². The van der Waals surface area contributed by atoms with Crippen molar-refractivity contribution in [2.75, 3.05) is 13.2 Å². The SMILES string of the molecule is CC(=O)OCC1O[C@@H](OC2[C@@H](O)[C@H](O)C(COC(C)=O)O[C@@H]2C)C(O)[C@@H](O)[C@@H]1O. The second kappa shape index (κ2) is 10.1. The number of ether oxygens (including phenoxy) is 5. The van der Waals surface area contributed by atoms with Crippen LogP contribution in [0.2, 0.25) is 0 Å². The number of esters is 2. The van der Waals surface area contributed by atoms with Crippen LogP contribution in [0.5, 0.6) is 0 Å². The minimum Gasteiger partial charge on any atom is -0.463 e. The molecule has 4 unspecified atom stereocenters. The molecule has 0 bridgehead atoms. The Balaban J connectivity index is 2.04. The molecule has 12 heteroatoms. The number of aliphatic hydroxyl groups is 5. The van der Waals surface area contributed by atoms with Gasteiger partial charge in [-0.15, -0.1) is 0 Å². The Morgan fingerprint density at radius 2 is 1.24 bits per heavy atom. The largest absolute Gasteiger partial charge is 0.463 e. The fraction of sp³-hybridized carbons (Fsp3) is 0.882. The summed E-state index contributed by atoms with van der Waals surface area (Å²) in [6.45, 7) is 3.20. The molecule has 2 aliphatic rings. The molecular formula is C17H28O12. The van der Waals surface area contributed by atoms with E-state index in [0.29, 0.717) is 0 Å². The predicted molar refractivity (Wildman–Crippen MR) is 91.2 cm³/mol. The van der Waals surface area contributed by atoms with Gasteiger partial charge in [-0.3, -0.25) is 9.59 Å². The van der Waals surface area contributed by atoms with Crippen molar-refractivity contribution in [2.24, 2.45) is 0 Å². The molecular weight excluding hydrogens is 396 g/mol. The van der Waals surface area contributed by atoms with Gasteiger partial charge in [0.15, 0.2) is 6.29 Å². The predicted octanol–water partition coefficient (Wildman–Crippen LogP) is -3.19. The average molecular weight is 424 g/mol. The molecule has 12 nitrogen and oxygen atoms in total. The lowest BCUT2D eigenvalue weighted by Crippen LogP contribution is -2.64. The molecule has 5 N–H and O–H groups in total. The van der Waals surface area contributed by atoms with Gasteiger partial charge in [0, 0.05) is 13.8 Å². The quantitative estimate of drug-likeness (QED) is 0.270. The summed E-state index contributed by atoms with van der Waals surface area (Å²) in [6, 6.07) is 0. The van der Waals surface area contributed by atoms with Gasteiger partial charge in [0.1, 0.15) is 62.0 Å². The van der Waals surface area contributed by atoms with Crippen LogP contribution < -0.4 is 0 Å². The van der Waals surface area contributed by atoms with E-state index in [1.54, 1.807) is 0 Å². The molecule has 2 rings (SSSR count). The first kappa shape index (κ1) is 23.9. The summed E-state index contributed by atoms with van der Waals surface area (Å²) < 4.78 is 26.0. The van der Waals surface area contributed by atoms with Crippen LogP contribution in [0.15, 0.2) is 0 Å². The van der Waals surface area contributed by atoms with Crippen LogP contribution in [0.4, 0.5) is 0 Å². The molecule has 0 spiro atoms. The van der Waals surface area contributed by atoms with Gasteiger partial charge in [-0.1, -0.05) is 0 Å². The van der Waals surface area contributed by atoms with Crippen LogP contribution in [0, 0.1) is 0 Å². The molecule has 0 amide bonds.